The quantitative estimate of drug-likeness (QED) is 0.565. The molecule has 0 amide bonds. The Morgan fingerprint density at radius 1 is 1.91 bits per heavy atom. The number of hydrogen-bond donors (Lipinski definition) is 0. The SMILES string of the molecule is Cn1cc(C(C#N)C=O)cn1. The average Bonchev–Trinajstić information content (AvgIpc) is 2.39. The highest BCUT2D eigenvalue weighted by atomic mass is 16.1. The fraction of sp³-hybridized carbons (Fsp3) is 0.286. The zero-order valence-electron chi connectivity index (χ0n) is 6.06. The van der Waals surface area contributed by atoms with Gasteiger partial charge in [-0.2, -0.15) is 10.4 Å². The summed E-state index contributed by atoms with van der Waals surface area (Å²) in [6.45, 7) is 0. The molecule has 0 fully saturated rings. The molecule has 0 aromatic carbocycles. The first-order chi connectivity index (χ1) is 5.27. The lowest BCUT2D eigenvalue weighted by atomic mass is 10.1. The van der Waals surface area contributed by atoms with E-state index in [-0.39, 0.29) is 0 Å². The lowest BCUT2D eigenvalue weighted by molar-refractivity contribution is -0.108. The van der Waals surface area contributed by atoms with Crippen LogP contribution in [0.3, 0.4) is 0 Å². The molecule has 0 aliphatic heterocycles. The van der Waals surface area contributed by atoms with Crippen molar-refractivity contribution in [3.05, 3.63) is 18.0 Å². The molecule has 0 radical (unpaired) electrons. The fourth-order valence-corrected chi connectivity index (χ4v) is 0.784. The molecule has 0 bridgehead atoms. The number of rotatable bonds is 2. The third-order valence-electron chi connectivity index (χ3n) is 1.36. The second kappa shape index (κ2) is 2.97. The van der Waals surface area contributed by atoms with Gasteiger partial charge in [0, 0.05) is 18.8 Å². The van der Waals surface area contributed by atoms with Crippen LogP contribution in [0.25, 0.3) is 0 Å². The van der Waals surface area contributed by atoms with E-state index in [0.717, 1.165) is 0 Å². The van der Waals surface area contributed by atoms with Crippen LogP contribution in [-0.4, -0.2) is 16.1 Å². The molecule has 4 heteroatoms. The molecular formula is C7H7N3O. The van der Waals surface area contributed by atoms with E-state index in [0.29, 0.717) is 11.8 Å². The third-order valence-corrected chi connectivity index (χ3v) is 1.36. The molecule has 1 aromatic heterocycles. The van der Waals surface area contributed by atoms with Crippen molar-refractivity contribution in [3.63, 3.8) is 0 Å². The zero-order valence-corrected chi connectivity index (χ0v) is 6.06. The Bertz CT molecular complexity index is 297. The number of nitriles is 1. The van der Waals surface area contributed by atoms with E-state index in [2.05, 4.69) is 5.10 Å². The van der Waals surface area contributed by atoms with Gasteiger partial charge in [-0.3, -0.25) is 4.68 Å². The first-order valence-corrected chi connectivity index (χ1v) is 3.11. The van der Waals surface area contributed by atoms with Gasteiger partial charge in [0.25, 0.3) is 0 Å². The van der Waals surface area contributed by atoms with Gasteiger partial charge in [0.1, 0.15) is 12.2 Å². The van der Waals surface area contributed by atoms with Crippen LogP contribution in [0.15, 0.2) is 12.4 Å². The second-order valence-electron chi connectivity index (χ2n) is 2.19. The lowest BCUT2D eigenvalue weighted by Crippen LogP contribution is -1.94. The van der Waals surface area contributed by atoms with Crippen molar-refractivity contribution in [2.45, 2.75) is 5.92 Å². The Hall–Kier alpha value is -1.63. The standard InChI is InChI=1S/C7H7N3O/c1-10-4-7(3-9-10)6(2-8)5-11/h3-6H,1H3. The van der Waals surface area contributed by atoms with Crippen LogP contribution < -0.4 is 0 Å². The van der Waals surface area contributed by atoms with Gasteiger partial charge in [-0.1, -0.05) is 0 Å². The fourth-order valence-electron chi connectivity index (χ4n) is 0.784. The van der Waals surface area contributed by atoms with Gasteiger partial charge in [0.15, 0.2) is 0 Å². The molecular weight excluding hydrogens is 142 g/mol. The Morgan fingerprint density at radius 3 is 3.00 bits per heavy atom. The highest BCUT2D eigenvalue weighted by Crippen LogP contribution is 2.09. The first-order valence-electron chi connectivity index (χ1n) is 3.11. The minimum absolute atomic E-state index is 0.608. The van der Waals surface area contributed by atoms with E-state index in [4.69, 9.17) is 5.26 Å². The number of hydrogen-bond acceptors (Lipinski definition) is 3. The Kier molecular flexibility index (Phi) is 2.02. The van der Waals surface area contributed by atoms with E-state index in [1.165, 1.54) is 6.20 Å². The van der Waals surface area contributed by atoms with Gasteiger partial charge in [-0.25, -0.2) is 0 Å². The molecule has 0 aliphatic rings. The summed E-state index contributed by atoms with van der Waals surface area (Å²) < 4.78 is 1.56. The topological polar surface area (TPSA) is 58.7 Å². The van der Waals surface area contributed by atoms with E-state index in [9.17, 15) is 4.79 Å². The molecule has 0 saturated heterocycles. The van der Waals surface area contributed by atoms with Crippen LogP contribution in [0.1, 0.15) is 11.5 Å². The number of carbonyl (C=O) groups excluding carboxylic acids is 1. The maximum atomic E-state index is 10.3. The van der Waals surface area contributed by atoms with Crippen molar-refractivity contribution in [2.75, 3.05) is 0 Å². The Labute approximate surface area is 64.1 Å². The third kappa shape index (κ3) is 1.44. The summed E-state index contributed by atoms with van der Waals surface area (Å²) in [5, 5.41) is 12.3. The first kappa shape index (κ1) is 7.48. The normalized spacial score (nSPS) is 12.0. The molecule has 11 heavy (non-hydrogen) atoms. The van der Waals surface area contributed by atoms with Crippen LogP contribution in [0.5, 0.6) is 0 Å². The van der Waals surface area contributed by atoms with Crippen LogP contribution in [0.4, 0.5) is 0 Å². The smallest absolute Gasteiger partial charge is 0.141 e. The number of aldehydes is 1. The highest BCUT2D eigenvalue weighted by Gasteiger charge is 2.09. The maximum Gasteiger partial charge on any atom is 0.141 e. The van der Waals surface area contributed by atoms with Gasteiger partial charge in [-0.15, -0.1) is 0 Å². The molecule has 0 aliphatic carbocycles. The Morgan fingerprint density at radius 2 is 2.64 bits per heavy atom. The van der Waals surface area contributed by atoms with Gasteiger partial charge < -0.3 is 4.79 Å². The summed E-state index contributed by atoms with van der Waals surface area (Å²) in [5.74, 6) is -0.677. The summed E-state index contributed by atoms with van der Waals surface area (Å²) in [5.41, 5.74) is 0.644. The number of carbonyl (C=O) groups is 1. The molecule has 0 saturated carbocycles. The van der Waals surface area contributed by atoms with Crippen molar-refractivity contribution in [3.8, 4) is 6.07 Å². The van der Waals surface area contributed by atoms with Gasteiger partial charge in [0.2, 0.25) is 0 Å². The van der Waals surface area contributed by atoms with Crippen molar-refractivity contribution >= 4 is 6.29 Å². The number of aromatic nitrogens is 2. The van der Waals surface area contributed by atoms with Crippen molar-refractivity contribution in [2.24, 2.45) is 7.05 Å². The molecule has 0 spiro atoms. The van der Waals surface area contributed by atoms with Crippen molar-refractivity contribution in [1.29, 1.82) is 5.26 Å². The average molecular weight is 149 g/mol. The zero-order chi connectivity index (χ0) is 8.27. The minimum atomic E-state index is -0.677. The van der Waals surface area contributed by atoms with E-state index in [1.54, 1.807) is 17.9 Å². The van der Waals surface area contributed by atoms with Gasteiger partial charge in [0.05, 0.1) is 12.3 Å². The van der Waals surface area contributed by atoms with Crippen LogP contribution >= 0.6 is 0 Å². The second-order valence-corrected chi connectivity index (χ2v) is 2.19. The molecule has 1 aromatic rings. The van der Waals surface area contributed by atoms with Gasteiger partial charge in [-0.05, 0) is 0 Å². The maximum absolute atomic E-state index is 10.3. The molecule has 0 N–H and O–H groups in total. The van der Waals surface area contributed by atoms with E-state index >= 15 is 0 Å². The molecule has 1 rings (SSSR count). The van der Waals surface area contributed by atoms with Crippen LogP contribution in [0.2, 0.25) is 0 Å². The van der Waals surface area contributed by atoms with Gasteiger partial charge >= 0.3 is 0 Å². The van der Waals surface area contributed by atoms with E-state index < -0.39 is 5.92 Å². The lowest BCUT2D eigenvalue weighted by Gasteiger charge is -1.91. The molecule has 4 nitrogen and oxygen atoms in total. The van der Waals surface area contributed by atoms with Crippen molar-refractivity contribution < 1.29 is 4.79 Å². The molecule has 56 valence electrons. The molecule has 1 unspecified atom stereocenters. The summed E-state index contributed by atoms with van der Waals surface area (Å²) >= 11 is 0. The predicted octanol–water partition coefficient (Wildman–Crippen LogP) is 0.226. The predicted molar refractivity (Wildman–Crippen MR) is 37.6 cm³/mol. The summed E-state index contributed by atoms with van der Waals surface area (Å²) in [6.07, 6.45) is 3.78. The Balaban J connectivity index is 2.92. The number of nitrogens with zero attached hydrogens (tertiary/aromatic N) is 3. The highest BCUT2D eigenvalue weighted by molar-refractivity contribution is 5.65. The summed E-state index contributed by atoms with van der Waals surface area (Å²) in [7, 11) is 1.74. The summed E-state index contributed by atoms with van der Waals surface area (Å²) in [6, 6.07) is 1.86. The van der Waals surface area contributed by atoms with E-state index in [1.807, 2.05) is 6.07 Å². The molecule has 1 atom stereocenters. The number of aryl methyl sites for hydroxylation is 1. The molecule has 1 heterocycles. The minimum Gasteiger partial charge on any atom is -0.302 e. The summed E-state index contributed by atoms with van der Waals surface area (Å²) in [4.78, 5) is 10.3. The monoisotopic (exact) mass is 149 g/mol. The van der Waals surface area contributed by atoms with Crippen LogP contribution in [0, 0.1) is 11.3 Å². The van der Waals surface area contributed by atoms with Crippen molar-refractivity contribution in [1.82, 2.24) is 9.78 Å². The van der Waals surface area contributed by atoms with Crippen LogP contribution in [-0.2, 0) is 11.8 Å². The largest absolute Gasteiger partial charge is 0.302 e.